The van der Waals surface area contributed by atoms with Crippen molar-refractivity contribution in [3.8, 4) is 17.5 Å². The Kier molecular flexibility index (Phi) is 7.56. The van der Waals surface area contributed by atoms with Crippen molar-refractivity contribution in [2.75, 3.05) is 5.73 Å². The summed E-state index contributed by atoms with van der Waals surface area (Å²) in [5, 5.41) is 21.8. The average Bonchev–Trinajstić information content (AvgIpc) is 3.24. The molecule has 9 heteroatoms. The van der Waals surface area contributed by atoms with Crippen LogP contribution in [0.2, 0.25) is 18.1 Å². The largest absolute Gasteiger partial charge is 0.418 e. The highest BCUT2D eigenvalue weighted by molar-refractivity contribution is 6.74. The highest BCUT2D eigenvalue weighted by Gasteiger charge is 2.42. The Hall–Kier alpha value is -2.60. The van der Waals surface area contributed by atoms with Gasteiger partial charge in [-0.3, -0.25) is 0 Å². The first kappa shape index (κ1) is 27.0. The molecule has 0 amide bonds. The molecule has 188 valence electrons. The van der Waals surface area contributed by atoms with Gasteiger partial charge in [-0.1, -0.05) is 26.8 Å². The van der Waals surface area contributed by atoms with Crippen molar-refractivity contribution in [1.29, 1.82) is 5.26 Å². The first-order valence-electron chi connectivity index (χ1n) is 11.8. The van der Waals surface area contributed by atoms with E-state index in [1.54, 1.807) is 12.1 Å². The number of halogens is 1. The number of nitrogen functional groups attached to an aromatic ring is 1. The van der Waals surface area contributed by atoms with Crippen LogP contribution in [0.5, 0.6) is 0 Å². The number of nitrogens with one attached hydrogen (secondary N) is 1. The average molecular weight is 514 g/mol. The molecule has 2 aromatic rings. The molecule has 3 N–H and O–H groups in total. The first-order valence-corrected chi connectivity index (χ1v) is 15.1. The molecule has 1 aliphatic rings. The molecule has 1 aliphatic carbocycles. The minimum atomic E-state index is -2.10. The van der Waals surface area contributed by atoms with Gasteiger partial charge in [0.2, 0.25) is 11.8 Å². The molecule has 0 saturated heterocycles. The molecule has 2 unspecified atom stereocenters. The lowest BCUT2D eigenvalue weighted by Gasteiger charge is -2.40. The monoisotopic (exact) mass is 513 g/mol. The Labute approximate surface area is 214 Å². The molecule has 4 atom stereocenters. The second-order valence-electron chi connectivity index (χ2n) is 10.9. The molecule has 7 nitrogen and oxygen atoms in total. The van der Waals surface area contributed by atoms with Crippen molar-refractivity contribution in [2.45, 2.75) is 76.7 Å². The van der Waals surface area contributed by atoms with E-state index in [9.17, 15) is 5.26 Å². The smallest absolute Gasteiger partial charge is 0.247 e. The van der Waals surface area contributed by atoms with Gasteiger partial charge in [0.1, 0.15) is 6.04 Å². The van der Waals surface area contributed by atoms with E-state index < -0.39 is 25.2 Å². The summed E-state index contributed by atoms with van der Waals surface area (Å²) in [5.74, 6) is 0.396. The van der Waals surface area contributed by atoms with Crippen LogP contribution < -0.4 is 11.1 Å². The zero-order valence-electron chi connectivity index (χ0n) is 21.8. The lowest BCUT2D eigenvalue weighted by molar-refractivity contribution is 0.144. The lowest BCUT2D eigenvalue weighted by atomic mass is 9.82. The van der Waals surface area contributed by atoms with Gasteiger partial charge in [0, 0.05) is 16.9 Å². The topological polar surface area (TPSA) is 110 Å². The van der Waals surface area contributed by atoms with E-state index >= 15 is 0 Å². The van der Waals surface area contributed by atoms with Crippen LogP contribution in [0.1, 0.15) is 53.5 Å². The number of hydrogen-bond acceptors (Lipinski definition) is 7. The second-order valence-corrected chi connectivity index (χ2v) is 16.4. The normalized spacial score (nSPS) is 22.6. The molecule has 0 spiro atoms. The maximum atomic E-state index is 9.53. The Balaban J connectivity index is 2.00. The number of hydrogen-bond donors (Lipinski definition) is 2. The van der Waals surface area contributed by atoms with Crippen LogP contribution in [0.15, 0.2) is 52.1 Å². The molecule has 1 aromatic heterocycles. The minimum absolute atomic E-state index is 0.0322. The number of allylic oxidation sites excluding steroid dienone is 3. The third kappa shape index (κ3) is 5.63. The van der Waals surface area contributed by atoms with E-state index in [0.717, 1.165) is 16.8 Å². The number of alkyl halides is 1. The van der Waals surface area contributed by atoms with Crippen molar-refractivity contribution < 1.29 is 8.84 Å². The van der Waals surface area contributed by atoms with Crippen molar-refractivity contribution in [3.05, 3.63) is 53.6 Å². The Bertz CT molecular complexity index is 1160. The van der Waals surface area contributed by atoms with Gasteiger partial charge in [-0.05, 0) is 74.8 Å². The molecular weight excluding hydrogens is 478 g/mol. The van der Waals surface area contributed by atoms with Crippen LogP contribution in [0.4, 0.5) is 5.69 Å². The number of nitrogens with two attached hydrogens (primary N) is 1. The van der Waals surface area contributed by atoms with Crippen LogP contribution in [0.25, 0.3) is 11.5 Å². The summed E-state index contributed by atoms with van der Waals surface area (Å²) in [7, 11) is -2.10. The number of nitriles is 1. The summed E-state index contributed by atoms with van der Waals surface area (Å²) in [5.41, 5.74) is 8.95. The molecule has 1 aromatic carbocycles. The first-order chi connectivity index (χ1) is 16.2. The maximum absolute atomic E-state index is 9.53. The van der Waals surface area contributed by atoms with E-state index in [4.69, 9.17) is 26.2 Å². The van der Waals surface area contributed by atoms with Crippen LogP contribution >= 0.6 is 11.6 Å². The second kappa shape index (κ2) is 9.80. The SMILES string of the molecule is CC1=C(N[C@@H](c2nnc(-c3ccc(N)cc3)o2)[C@@H](C)O[Si](C)(C)C(C)(C)C)C=CC(C#N)C1(C)Cl. The summed E-state index contributed by atoms with van der Waals surface area (Å²) < 4.78 is 12.9. The number of aromatic nitrogens is 2. The van der Waals surface area contributed by atoms with Gasteiger partial charge in [0.25, 0.3) is 0 Å². The molecule has 3 rings (SSSR count). The number of rotatable bonds is 7. The summed E-state index contributed by atoms with van der Waals surface area (Å²) in [4.78, 5) is -0.829. The molecule has 35 heavy (non-hydrogen) atoms. The fraction of sp³-hybridized carbons (Fsp3) is 0.500. The van der Waals surface area contributed by atoms with Gasteiger partial charge in [-0.25, -0.2) is 0 Å². The van der Waals surface area contributed by atoms with Crippen LogP contribution in [0, 0.1) is 17.2 Å². The standard InChI is InChI=1S/C26H36ClN5O2Si/c1-16-21(14-11-19(15-28)26(16,6)27)30-22(17(2)34-35(7,8)25(3,4)5)24-32-31-23(33-24)18-9-12-20(29)13-10-18/h9-14,17,19,22,30H,29H2,1-8H3/t17-,19?,22-,26?/m1/s1. The third-order valence-electron chi connectivity index (χ3n) is 7.25. The van der Waals surface area contributed by atoms with Crippen LogP contribution in [0.3, 0.4) is 0 Å². The maximum Gasteiger partial charge on any atom is 0.247 e. The van der Waals surface area contributed by atoms with Crippen molar-refractivity contribution >= 4 is 25.6 Å². The highest BCUT2D eigenvalue weighted by atomic mass is 35.5. The quantitative estimate of drug-likeness (QED) is 0.252. The molecule has 1 heterocycles. The highest BCUT2D eigenvalue weighted by Crippen LogP contribution is 2.41. The fourth-order valence-corrected chi connectivity index (χ4v) is 5.32. The minimum Gasteiger partial charge on any atom is -0.418 e. The molecule has 0 bridgehead atoms. The number of nitrogens with zero attached hydrogens (tertiary/aromatic N) is 3. The number of benzene rings is 1. The van der Waals surface area contributed by atoms with Crippen molar-refractivity contribution in [2.24, 2.45) is 5.92 Å². The van der Waals surface area contributed by atoms with Gasteiger partial charge in [0.15, 0.2) is 8.32 Å². The van der Waals surface area contributed by atoms with E-state index in [0.29, 0.717) is 17.5 Å². The van der Waals surface area contributed by atoms with E-state index in [-0.39, 0.29) is 11.1 Å². The summed E-state index contributed by atoms with van der Waals surface area (Å²) in [6, 6.07) is 9.14. The fourth-order valence-electron chi connectivity index (χ4n) is 3.67. The van der Waals surface area contributed by atoms with Crippen molar-refractivity contribution in [1.82, 2.24) is 15.5 Å². The van der Waals surface area contributed by atoms with Crippen LogP contribution in [-0.4, -0.2) is 29.5 Å². The Morgan fingerprint density at radius 1 is 1.26 bits per heavy atom. The number of anilines is 1. The predicted octanol–water partition coefficient (Wildman–Crippen LogP) is 6.34. The molecule has 0 fully saturated rings. The zero-order valence-corrected chi connectivity index (χ0v) is 23.6. The Morgan fingerprint density at radius 3 is 2.46 bits per heavy atom. The predicted molar refractivity (Wildman–Crippen MR) is 143 cm³/mol. The van der Waals surface area contributed by atoms with Crippen LogP contribution in [-0.2, 0) is 4.43 Å². The van der Waals surface area contributed by atoms with Gasteiger partial charge >= 0.3 is 0 Å². The summed E-state index contributed by atoms with van der Waals surface area (Å²) >= 11 is 6.80. The molecule has 0 radical (unpaired) electrons. The molecule has 0 saturated carbocycles. The van der Waals surface area contributed by atoms with Gasteiger partial charge < -0.3 is 19.9 Å². The molecule has 0 aliphatic heterocycles. The van der Waals surface area contributed by atoms with Gasteiger partial charge in [-0.15, -0.1) is 21.8 Å². The lowest BCUT2D eigenvalue weighted by Crippen LogP contribution is -2.47. The van der Waals surface area contributed by atoms with E-state index in [2.05, 4.69) is 55.4 Å². The molecular formula is C26H36ClN5O2Si. The van der Waals surface area contributed by atoms with Crippen molar-refractivity contribution in [3.63, 3.8) is 0 Å². The zero-order chi connectivity index (χ0) is 26.2. The Morgan fingerprint density at radius 2 is 1.89 bits per heavy atom. The van der Waals surface area contributed by atoms with Gasteiger partial charge in [-0.2, -0.15) is 5.26 Å². The summed E-state index contributed by atoms with van der Waals surface area (Å²) in [6.45, 7) is 16.9. The third-order valence-corrected chi connectivity index (χ3v) is 12.3. The van der Waals surface area contributed by atoms with E-state index in [1.807, 2.05) is 45.1 Å². The summed E-state index contributed by atoms with van der Waals surface area (Å²) in [6.07, 6.45) is 3.45. The van der Waals surface area contributed by atoms with E-state index in [1.165, 1.54) is 0 Å². The van der Waals surface area contributed by atoms with Gasteiger partial charge in [0.05, 0.1) is 23.0 Å².